The predicted octanol–water partition coefficient (Wildman–Crippen LogP) is 3.88. The van der Waals surface area contributed by atoms with E-state index in [1.165, 1.54) is 0 Å². The lowest BCUT2D eigenvalue weighted by Gasteiger charge is -2.05. The molecule has 0 radical (unpaired) electrons. The zero-order valence-corrected chi connectivity index (χ0v) is 15.6. The second-order valence-corrected chi connectivity index (χ2v) is 6.82. The highest BCUT2D eigenvalue weighted by Crippen LogP contribution is 2.24. The Morgan fingerprint density at radius 1 is 1.04 bits per heavy atom. The maximum Gasteiger partial charge on any atom is 0.272 e. The number of rotatable bonds is 4. The summed E-state index contributed by atoms with van der Waals surface area (Å²) in [5, 5.41) is 9.96. The van der Waals surface area contributed by atoms with Gasteiger partial charge >= 0.3 is 0 Å². The number of H-pyrrole nitrogens is 1. The molecule has 1 amide bonds. The molecule has 0 aliphatic rings. The normalized spacial score (nSPS) is 10.9. The number of carbonyl (C=O) groups is 1. The van der Waals surface area contributed by atoms with E-state index in [-0.39, 0.29) is 23.7 Å². The average Bonchev–Trinajstić information content (AvgIpc) is 3.16. The summed E-state index contributed by atoms with van der Waals surface area (Å²) >= 11 is 3.40. The van der Waals surface area contributed by atoms with Crippen LogP contribution in [0.1, 0.15) is 16.2 Å². The van der Waals surface area contributed by atoms with Crippen molar-refractivity contribution in [1.29, 1.82) is 0 Å². The number of nitrogens with one attached hydrogen (secondary N) is 2. The van der Waals surface area contributed by atoms with Gasteiger partial charge in [0.1, 0.15) is 11.5 Å². The molecule has 0 bridgehead atoms. The van der Waals surface area contributed by atoms with Crippen LogP contribution in [-0.4, -0.2) is 16.1 Å². The number of nitrogens with zero attached hydrogens (tertiary/aromatic N) is 1. The Morgan fingerprint density at radius 3 is 2.56 bits per heavy atom. The Labute approximate surface area is 162 Å². The van der Waals surface area contributed by atoms with E-state index in [9.17, 15) is 9.59 Å². The molecule has 0 fully saturated rings. The van der Waals surface area contributed by atoms with Crippen molar-refractivity contribution < 1.29 is 9.21 Å². The topological polar surface area (TPSA) is 88.0 Å². The fourth-order valence-corrected chi connectivity index (χ4v) is 3.05. The number of fused-ring (bicyclic) bond motifs is 1. The van der Waals surface area contributed by atoms with Crippen molar-refractivity contribution in [2.75, 3.05) is 0 Å². The second-order valence-electron chi connectivity index (χ2n) is 5.90. The first kappa shape index (κ1) is 17.2. The van der Waals surface area contributed by atoms with E-state index in [2.05, 4.69) is 31.4 Å². The molecule has 2 aromatic heterocycles. The summed E-state index contributed by atoms with van der Waals surface area (Å²) in [6, 6.07) is 18.3. The third-order valence-electron chi connectivity index (χ3n) is 4.12. The molecule has 0 saturated heterocycles. The molecule has 0 aliphatic heterocycles. The maximum atomic E-state index is 12.5. The van der Waals surface area contributed by atoms with Gasteiger partial charge in [0.25, 0.3) is 11.5 Å². The molecule has 7 heteroatoms. The lowest BCUT2D eigenvalue weighted by molar-refractivity contribution is 0.0944. The molecule has 2 aromatic carbocycles. The van der Waals surface area contributed by atoms with Crippen LogP contribution in [0.3, 0.4) is 0 Å². The van der Waals surface area contributed by atoms with Gasteiger partial charge in [-0.2, -0.15) is 5.10 Å². The Kier molecular flexibility index (Phi) is 4.60. The van der Waals surface area contributed by atoms with Gasteiger partial charge in [-0.15, -0.1) is 0 Å². The van der Waals surface area contributed by atoms with Gasteiger partial charge in [-0.05, 0) is 30.3 Å². The first-order valence-corrected chi connectivity index (χ1v) is 9.01. The first-order valence-electron chi connectivity index (χ1n) is 8.22. The summed E-state index contributed by atoms with van der Waals surface area (Å²) in [6.45, 7) is 0.213. The summed E-state index contributed by atoms with van der Waals surface area (Å²) in [6.07, 6.45) is 0. The van der Waals surface area contributed by atoms with Crippen LogP contribution in [0.5, 0.6) is 0 Å². The number of carbonyl (C=O) groups excluding carboxylic acids is 1. The van der Waals surface area contributed by atoms with E-state index in [1.807, 2.05) is 36.4 Å². The number of amides is 1. The largest absolute Gasteiger partial charge is 0.459 e. The first-order chi connectivity index (χ1) is 13.1. The van der Waals surface area contributed by atoms with Gasteiger partial charge in [0.05, 0.1) is 11.9 Å². The standard InChI is InChI=1S/C20H14BrN3O3/c21-13-7-5-12(6-8-13)17-10-9-14(27-17)11-22-20(26)18-15-3-1-2-4-16(15)19(25)24-23-18/h1-10H,11H2,(H,22,26)(H,24,25). The average molecular weight is 424 g/mol. The molecule has 4 aromatic rings. The number of hydrogen-bond donors (Lipinski definition) is 2. The fourth-order valence-electron chi connectivity index (χ4n) is 2.78. The molecule has 134 valence electrons. The van der Waals surface area contributed by atoms with Gasteiger partial charge in [0, 0.05) is 15.4 Å². The zero-order chi connectivity index (χ0) is 18.8. The molecule has 27 heavy (non-hydrogen) atoms. The Hall–Kier alpha value is -3.19. The van der Waals surface area contributed by atoms with Crippen molar-refractivity contribution in [2.45, 2.75) is 6.54 Å². The third-order valence-corrected chi connectivity index (χ3v) is 4.65. The van der Waals surface area contributed by atoms with Crippen molar-refractivity contribution in [3.05, 3.63) is 86.9 Å². The summed E-state index contributed by atoms with van der Waals surface area (Å²) in [5.41, 5.74) is 0.793. The van der Waals surface area contributed by atoms with Crippen LogP contribution in [0.25, 0.3) is 22.1 Å². The van der Waals surface area contributed by atoms with E-state index in [0.29, 0.717) is 16.5 Å². The van der Waals surface area contributed by atoms with Crippen LogP contribution in [0, 0.1) is 0 Å². The molecule has 0 saturated carbocycles. The zero-order valence-electron chi connectivity index (χ0n) is 14.0. The van der Waals surface area contributed by atoms with Gasteiger partial charge in [-0.1, -0.05) is 46.3 Å². The van der Waals surface area contributed by atoms with Crippen LogP contribution in [0.2, 0.25) is 0 Å². The third kappa shape index (κ3) is 3.54. The molecule has 0 atom stereocenters. The smallest absolute Gasteiger partial charge is 0.272 e. The van der Waals surface area contributed by atoms with Gasteiger partial charge in [-0.25, -0.2) is 5.10 Å². The van der Waals surface area contributed by atoms with Gasteiger partial charge in [0.2, 0.25) is 0 Å². The Bertz CT molecular complexity index is 1180. The molecule has 4 rings (SSSR count). The van der Waals surface area contributed by atoms with E-state index < -0.39 is 0 Å². The molecule has 2 heterocycles. The predicted molar refractivity (Wildman–Crippen MR) is 105 cm³/mol. The van der Waals surface area contributed by atoms with E-state index in [1.54, 1.807) is 24.3 Å². The highest BCUT2D eigenvalue weighted by Gasteiger charge is 2.14. The van der Waals surface area contributed by atoms with Crippen molar-refractivity contribution in [3.63, 3.8) is 0 Å². The quantitative estimate of drug-likeness (QED) is 0.521. The molecule has 0 aliphatic carbocycles. The van der Waals surface area contributed by atoms with Crippen LogP contribution in [-0.2, 0) is 6.54 Å². The monoisotopic (exact) mass is 423 g/mol. The lowest BCUT2D eigenvalue weighted by atomic mass is 10.1. The maximum absolute atomic E-state index is 12.5. The van der Waals surface area contributed by atoms with Crippen LogP contribution in [0.15, 0.2) is 74.3 Å². The van der Waals surface area contributed by atoms with E-state index >= 15 is 0 Å². The molecule has 0 unspecified atom stereocenters. The molecule has 6 nitrogen and oxygen atoms in total. The minimum atomic E-state index is -0.385. The summed E-state index contributed by atoms with van der Waals surface area (Å²) in [7, 11) is 0. The van der Waals surface area contributed by atoms with Crippen LogP contribution in [0.4, 0.5) is 0 Å². The minimum Gasteiger partial charge on any atom is -0.459 e. The van der Waals surface area contributed by atoms with Crippen molar-refractivity contribution in [3.8, 4) is 11.3 Å². The summed E-state index contributed by atoms with van der Waals surface area (Å²) < 4.78 is 6.79. The van der Waals surface area contributed by atoms with Crippen molar-refractivity contribution in [1.82, 2.24) is 15.5 Å². The Balaban J connectivity index is 1.51. The van der Waals surface area contributed by atoms with E-state index in [4.69, 9.17) is 4.42 Å². The summed E-state index contributed by atoms with van der Waals surface area (Å²) in [5.74, 6) is 0.957. The summed E-state index contributed by atoms with van der Waals surface area (Å²) in [4.78, 5) is 24.3. The van der Waals surface area contributed by atoms with Crippen LogP contribution < -0.4 is 10.9 Å². The number of benzene rings is 2. The molecular weight excluding hydrogens is 410 g/mol. The highest BCUT2D eigenvalue weighted by atomic mass is 79.9. The van der Waals surface area contributed by atoms with E-state index in [0.717, 1.165) is 15.8 Å². The SMILES string of the molecule is O=C(NCc1ccc(-c2ccc(Br)cc2)o1)c1n[nH]c(=O)c2ccccc12. The fraction of sp³-hybridized carbons (Fsp3) is 0.0500. The van der Waals surface area contributed by atoms with Gasteiger partial charge < -0.3 is 9.73 Å². The number of furan rings is 1. The van der Waals surface area contributed by atoms with Gasteiger partial charge in [-0.3, -0.25) is 9.59 Å². The van der Waals surface area contributed by atoms with Crippen molar-refractivity contribution in [2.24, 2.45) is 0 Å². The Morgan fingerprint density at radius 2 is 1.78 bits per heavy atom. The van der Waals surface area contributed by atoms with Crippen LogP contribution >= 0.6 is 15.9 Å². The second kappa shape index (κ2) is 7.20. The number of aromatic nitrogens is 2. The van der Waals surface area contributed by atoms with Gasteiger partial charge in [0.15, 0.2) is 5.69 Å². The lowest BCUT2D eigenvalue weighted by Crippen LogP contribution is -2.26. The highest BCUT2D eigenvalue weighted by molar-refractivity contribution is 9.10. The molecule has 2 N–H and O–H groups in total. The number of halogens is 1. The number of aromatic amines is 1. The van der Waals surface area contributed by atoms with Crippen molar-refractivity contribution >= 4 is 32.6 Å². The molecule has 0 spiro atoms. The number of hydrogen-bond acceptors (Lipinski definition) is 4. The minimum absolute atomic E-state index is 0.171. The molecular formula is C20H14BrN3O3.